The molecule has 0 aromatic heterocycles. The quantitative estimate of drug-likeness (QED) is 0.157. The second-order valence-electron chi connectivity index (χ2n) is 7.12. The zero-order chi connectivity index (χ0) is 24.5. The molecule has 0 aliphatic carbocycles. The van der Waals surface area contributed by atoms with E-state index in [1.54, 1.807) is 45.6 Å². The summed E-state index contributed by atoms with van der Waals surface area (Å²) in [6.45, 7) is 1.58. The molecule has 0 aliphatic heterocycles. The van der Waals surface area contributed by atoms with Crippen molar-refractivity contribution in [2.45, 2.75) is 24.2 Å². The van der Waals surface area contributed by atoms with Crippen molar-refractivity contribution in [3.63, 3.8) is 0 Å². The van der Waals surface area contributed by atoms with Crippen molar-refractivity contribution in [2.75, 3.05) is 21.3 Å². The molecule has 8 heteroatoms. The molecule has 7 nitrogen and oxygen atoms in total. The average molecular weight is 483 g/mol. The van der Waals surface area contributed by atoms with E-state index in [9.17, 15) is 9.59 Å². The van der Waals surface area contributed by atoms with E-state index in [4.69, 9.17) is 23.7 Å². The molecule has 0 atom stereocenters. The largest absolute Gasteiger partial charge is 0.496 e. The van der Waals surface area contributed by atoms with Crippen molar-refractivity contribution >= 4 is 24.0 Å². The van der Waals surface area contributed by atoms with Gasteiger partial charge in [0.1, 0.15) is 23.9 Å². The summed E-state index contributed by atoms with van der Waals surface area (Å²) < 4.78 is 27.6. The van der Waals surface area contributed by atoms with Crippen molar-refractivity contribution in [1.82, 2.24) is 0 Å². The number of ether oxygens (including phenoxy) is 5. The van der Waals surface area contributed by atoms with E-state index in [0.29, 0.717) is 39.2 Å². The van der Waals surface area contributed by atoms with Crippen LogP contribution in [0.1, 0.15) is 28.4 Å². The molecule has 0 heterocycles. The third kappa shape index (κ3) is 6.23. The van der Waals surface area contributed by atoms with Crippen LogP contribution in [0.5, 0.6) is 28.7 Å². The standard InChI is InChI=1S/C26H26O7S/c1-17(28)33-25-13-26(19(14-27)10-24(25)32-15-18-8-6-5-7-9-18)34-16-21-22(30-3)11-20(29-2)12-23(21)31-4/h5-14H,15-16H2,1-4H3. The topological polar surface area (TPSA) is 80.3 Å². The van der Waals surface area contributed by atoms with Gasteiger partial charge in [0.2, 0.25) is 0 Å². The first kappa shape index (κ1) is 25.0. The van der Waals surface area contributed by atoms with Crippen LogP contribution in [0.3, 0.4) is 0 Å². The first-order chi connectivity index (χ1) is 16.5. The molecule has 0 radical (unpaired) electrons. The third-order valence-electron chi connectivity index (χ3n) is 4.88. The van der Waals surface area contributed by atoms with Crippen LogP contribution in [0, 0.1) is 0 Å². The van der Waals surface area contributed by atoms with Crippen molar-refractivity contribution in [2.24, 2.45) is 0 Å². The van der Waals surface area contributed by atoms with Gasteiger partial charge in [-0.25, -0.2) is 0 Å². The SMILES string of the molecule is COc1cc(OC)c(CSc2cc(OC(C)=O)c(OCc3ccccc3)cc2C=O)c(OC)c1. The summed E-state index contributed by atoms with van der Waals surface area (Å²) in [6, 6.07) is 16.3. The number of carbonyl (C=O) groups excluding carboxylic acids is 2. The fraction of sp³-hybridized carbons (Fsp3) is 0.231. The van der Waals surface area contributed by atoms with Gasteiger partial charge < -0.3 is 23.7 Å². The van der Waals surface area contributed by atoms with Crippen LogP contribution >= 0.6 is 11.8 Å². The van der Waals surface area contributed by atoms with E-state index < -0.39 is 5.97 Å². The number of methoxy groups -OCH3 is 3. The Hall–Kier alpha value is -3.65. The van der Waals surface area contributed by atoms with Crippen molar-refractivity contribution < 1.29 is 33.3 Å². The fourth-order valence-corrected chi connectivity index (χ4v) is 4.28. The molecule has 34 heavy (non-hydrogen) atoms. The van der Waals surface area contributed by atoms with Crippen molar-refractivity contribution in [3.8, 4) is 28.7 Å². The van der Waals surface area contributed by atoms with Gasteiger partial charge >= 0.3 is 5.97 Å². The lowest BCUT2D eigenvalue weighted by molar-refractivity contribution is -0.132. The van der Waals surface area contributed by atoms with Gasteiger partial charge in [0.25, 0.3) is 0 Å². The van der Waals surface area contributed by atoms with Gasteiger partial charge in [0, 0.05) is 40.8 Å². The molecule has 0 saturated carbocycles. The number of benzene rings is 3. The zero-order valence-corrected chi connectivity index (χ0v) is 20.3. The number of aldehydes is 1. The first-order valence-corrected chi connectivity index (χ1v) is 11.4. The summed E-state index contributed by atoms with van der Waals surface area (Å²) >= 11 is 1.38. The number of rotatable bonds is 11. The average Bonchev–Trinajstić information content (AvgIpc) is 2.86. The van der Waals surface area contributed by atoms with E-state index in [1.165, 1.54) is 18.7 Å². The number of hydrogen-bond donors (Lipinski definition) is 0. The molecule has 3 rings (SSSR count). The van der Waals surface area contributed by atoms with Gasteiger partial charge in [0.05, 0.1) is 21.3 Å². The minimum Gasteiger partial charge on any atom is -0.496 e. The van der Waals surface area contributed by atoms with Crippen LogP contribution < -0.4 is 23.7 Å². The first-order valence-electron chi connectivity index (χ1n) is 10.4. The van der Waals surface area contributed by atoms with Gasteiger partial charge in [-0.05, 0) is 17.7 Å². The predicted octanol–water partition coefficient (Wildman–Crippen LogP) is 5.32. The summed E-state index contributed by atoms with van der Waals surface area (Å²) in [4.78, 5) is 24.2. The van der Waals surface area contributed by atoms with E-state index in [0.717, 1.165) is 17.4 Å². The smallest absolute Gasteiger partial charge is 0.308 e. The zero-order valence-electron chi connectivity index (χ0n) is 19.5. The van der Waals surface area contributed by atoms with Crippen LogP contribution in [-0.2, 0) is 17.2 Å². The Kier molecular flexibility index (Phi) is 8.81. The predicted molar refractivity (Wildman–Crippen MR) is 130 cm³/mol. The lowest BCUT2D eigenvalue weighted by Crippen LogP contribution is -2.06. The molecule has 0 aliphatic rings. The fourth-order valence-electron chi connectivity index (χ4n) is 3.23. The maximum atomic E-state index is 11.9. The molecule has 0 unspecified atom stereocenters. The number of hydrogen-bond acceptors (Lipinski definition) is 8. The highest BCUT2D eigenvalue weighted by molar-refractivity contribution is 7.98. The Morgan fingerprint density at radius 1 is 0.882 bits per heavy atom. The summed E-state index contributed by atoms with van der Waals surface area (Å²) in [5.41, 5.74) is 2.16. The molecule has 0 spiro atoms. The van der Waals surface area contributed by atoms with Crippen LogP contribution in [-0.4, -0.2) is 33.6 Å². The molecule has 178 valence electrons. The third-order valence-corrected chi connectivity index (χ3v) is 5.98. The summed E-state index contributed by atoms with van der Waals surface area (Å²) in [7, 11) is 4.70. The van der Waals surface area contributed by atoms with Crippen LogP contribution in [0.25, 0.3) is 0 Å². The highest BCUT2D eigenvalue weighted by Crippen LogP contribution is 2.41. The Bertz CT molecular complexity index is 1120. The number of esters is 1. The second-order valence-corrected chi connectivity index (χ2v) is 8.14. The van der Waals surface area contributed by atoms with Gasteiger partial charge in [-0.1, -0.05) is 30.3 Å². The van der Waals surface area contributed by atoms with E-state index in [1.807, 2.05) is 30.3 Å². The van der Waals surface area contributed by atoms with Gasteiger partial charge in [-0.2, -0.15) is 0 Å². The molecule has 0 amide bonds. The van der Waals surface area contributed by atoms with Crippen LogP contribution in [0.2, 0.25) is 0 Å². The molecule has 0 saturated heterocycles. The normalized spacial score (nSPS) is 10.4. The Balaban J connectivity index is 1.91. The molecule has 0 N–H and O–H groups in total. The summed E-state index contributed by atoms with van der Waals surface area (Å²) in [5.74, 6) is 2.29. The maximum Gasteiger partial charge on any atom is 0.308 e. The van der Waals surface area contributed by atoms with Crippen LogP contribution in [0.4, 0.5) is 0 Å². The maximum absolute atomic E-state index is 11.9. The van der Waals surface area contributed by atoms with E-state index >= 15 is 0 Å². The van der Waals surface area contributed by atoms with E-state index in [2.05, 4.69) is 0 Å². The van der Waals surface area contributed by atoms with Crippen molar-refractivity contribution in [3.05, 3.63) is 71.3 Å². The monoisotopic (exact) mass is 482 g/mol. The highest BCUT2D eigenvalue weighted by Gasteiger charge is 2.18. The summed E-state index contributed by atoms with van der Waals surface area (Å²) in [5, 5.41) is 0. The van der Waals surface area contributed by atoms with Crippen molar-refractivity contribution in [1.29, 1.82) is 0 Å². The molecule has 3 aromatic rings. The Morgan fingerprint density at radius 2 is 1.56 bits per heavy atom. The molecule has 3 aromatic carbocycles. The van der Waals surface area contributed by atoms with Crippen LogP contribution in [0.15, 0.2) is 59.5 Å². The lowest BCUT2D eigenvalue weighted by Gasteiger charge is -2.17. The number of thioether (sulfide) groups is 1. The number of carbonyl (C=O) groups is 2. The minimum atomic E-state index is -0.488. The highest BCUT2D eigenvalue weighted by atomic mass is 32.2. The molecular weight excluding hydrogens is 456 g/mol. The molecule has 0 fully saturated rings. The van der Waals surface area contributed by atoms with E-state index in [-0.39, 0.29) is 12.4 Å². The minimum absolute atomic E-state index is 0.241. The van der Waals surface area contributed by atoms with Gasteiger partial charge in [-0.3, -0.25) is 9.59 Å². The Labute approximate surface area is 202 Å². The second kappa shape index (κ2) is 12.0. The lowest BCUT2D eigenvalue weighted by atomic mass is 10.2. The van der Waals surface area contributed by atoms with Gasteiger partial charge in [-0.15, -0.1) is 11.8 Å². The summed E-state index contributed by atoms with van der Waals surface area (Å²) in [6.07, 6.45) is 0.748. The Morgan fingerprint density at radius 3 is 2.12 bits per heavy atom. The molecule has 0 bridgehead atoms. The van der Waals surface area contributed by atoms with Gasteiger partial charge in [0.15, 0.2) is 17.8 Å². The molecular formula is C26H26O7S.